The van der Waals surface area contributed by atoms with Crippen molar-refractivity contribution in [3.8, 4) is 5.75 Å². The average molecular weight is 486 g/mol. The van der Waals surface area contributed by atoms with Crippen LogP contribution in [0.15, 0.2) is 24.3 Å². The van der Waals surface area contributed by atoms with Crippen molar-refractivity contribution < 1.29 is 23.1 Å². The van der Waals surface area contributed by atoms with Gasteiger partial charge in [0.1, 0.15) is 5.82 Å². The summed E-state index contributed by atoms with van der Waals surface area (Å²) in [6, 6.07) is 6.07. The van der Waals surface area contributed by atoms with Gasteiger partial charge in [-0.1, -0.05) is 0 Å². The maximum Gasteiger partial charge on any atom is 0.277 e. The van der Waals surface area contributed by atoms with Gasteiger partial charge in [0, 0.05) is 15.6 Å². The molecule has 1 heterocycles. The van der Waals surface area contributed by atoms with Gasteiger partial charge in [-0.25, -0.2) is 14.3 Å². The Bertz CT molecular complexity index is 903. The second-order valence-corrected chi connectivity index (χ2v) is 7.88. The molecule has 2 aliphatic rings. The largest absolute Gasteiger partial charge is 0.490 e. The van der Waals surface area contributed by atoms with Crippen molar-refractivity contribution in [3.05, 3.63) is 50.6 Å². The van der Waals surface area contributed by atoms with Gasteiger partial charge in [-0.2, -0.15) is 0 Å². The minimum absolute atomic E-state index is 0.0468. The first-order valence-electron chi connectivity index (χ1n) is 8.65. The lowest BCUT2D eigenvalue weighted by Gasteiger charge is -2.16. The van der Waals surface area contributed by atoms with E-state index in [1.165, 1.54) is 12.1 Å². The number of fused-ring (bicyclic) bond motifs is 1. The molecule has 0 saturated heterocycles. The molecule has 0 unspecified atom stereocenters. The van der Waals surface area contributed by atoms with E-state index < -0.39 is 17.5 Å². The van der Waals surface area contributed by atoms with E-state index in [9.17, 15) is 9.18 Å². The number of nitrogens with one attached hydrogen (secondary N) is 2. The highest BCUT2D eigenvalue weighted by Gasteiger charge is 2.27. The van der Waals surface area contributed by atoms with E-state index in [1.807, 2.05) is 22.6 Å². The van der Waals surface area contributed by atoms with E-state index in [2.05, 4.69) is 10.8 Å². The first kappa shape index (κ1) is 18.4. The third-order valence-electron chi connectivity index (χ3n) is 4.53. The molecule has 0 atom stereocenters. The van der Waals surface area contributed by atoms with Crippen molar-refractivity contribution in [2.75, 3.05) is 18.5 Å². The fourth-order valence-corrected chi connectivity index (χ4v) is 3.33. The highest BCUT2D eigenvalue weighted by molar-refractivity contribution is 14.1. The number of carbonyl (C=O) groups is 1. The van der Waals surface area contributed by atoms with Gasteiger partial charge >= 0.3 is 0 Å². The number of ether oxygens (including phenoxy) is 1. The van der Waals surface area contributed by atoms with E-state index >= 15 is 4.39 Å². The number of hydrogen-bond donors (Lipinski definition) is 2. The van der Waals surface area contributed by atoms with Gasteiger partial charge in [-0.15, -0.1) is 0 Å². The zero-order chi connectivity index (χ0) is 19.0. The van der Waals surface area contributed by atoms with Crippen LogP contribution in [0, 0.1) is 21.1 Å². The van der Waals surface area contributed by atoms with Gasteiger partial charge in [0.15, 0.2) is 11.6 Å². The quantitative estimate of drug-likeness (QED) is 0.472. The Labute approximate surface area is 168 Å². The Hall–Kier alpha value is -1.94. The third-order valence-corrected chi connectivity index (χ3v) is 5.20. The monoisotopic (exact) mass is 486 g/mol. The minimum atomic E-state index is -0.713. The highest BCUT2D eigenvalue weighted by Crippen LogP contribution is 2.38. The molecule has 2 aromatic carbocycles. The van der Waals surface area contributed by atoms with Crippen LogP contribution in [-0.2, 0) is 11.3 Å². The number of benzene rings is 2. The number of hydrogen-bond acceptors (Lipinski definition) is 4. The second-order valence-electron chi connectivity index (χ2n) is 6.63. The van der Waals surface area contributed by atoms with E-state index in [-0.39, 0.29) is 22.7 Å². The molecule has 4 rings (SSSR count). The fourth-order valence-electron chi connectivity index (χ4n) is 2.88. The standard InChI is InChI=1S/C19H17F2IN2O3/c20-14-8-12(22)3-4-15(14)23-17-13(19(25)24-27-9-10-1-2-10)7-11-5-6-26-18(11)16(17)21/h3-4,7-8,10,23H,1-2,5-6,9H2,(H,24,25). The highest BCUT2D eigenvalue weighted by atomic mass is 127. The predicted octanol–water partition coefficient (Wildman–Crippen LogP) is 4.32. The van der Waals surface area contributed by atoms with Crippen LogP contribution in [0.4, 0.5) is 20.2 Å². The van der Waals surface area contributed by atoms with Crippen LogP contribution in [0.3, 0.4) is 0 Å². The van der Waals surface area contributed by atoms with Crippen molar-refractivity contribution in [1.82, 2.24) is 5.48 Å². The lowest BCUT2D eigenvalue weighted by Crippen LogP contribution is -2.26. The third kappa shape index (κ3) is 4.01. The van der Waals surface area contributed by atoms with Crippen LogP contribution in [0.5, 0.6) is 5.75 Å². The molecule has 1 aliphatic heterocycles. The minimum Gasteiger partial charge on any atom is -0.490 e. The van der Waals surface area contributed by atoms with Gasteiger partial charge in [0.25, 0.3) is 5.91 Å². The summed E-state index contributed by atoms with van der Waals surface area (Å²) in [6.07, 6.45) is 2.67. The van der Waals surface area contributed by atoms with Crippen LogP contribution in [-0.4, -0.2) is 19.1 Å². The molecule has 0 spiro atoms. The van der Waals surface area contributed by atoms with E-state index in [0.717, 1.165) is 12.8 Å². The molecule has 0 aromatic heterocycles. The molecule has 2 N–H and O–H groups in total. The SMILES string of the molecule is O=C(NOCC1CC1)c1cc2c(c(F)c1Nc1ccc(I)cc1F)OCC2. The van der Waals surface area contributed by atoms with Crippen molar-refractivity contribution in [2.45, 2.75) is 19.3 Å². The molecule has 27 heavy (non-hydrogen) atoms. The van der Waals surface area contributed by atoms with Crippen molar-refractivity contribution in [1.29, 1.82) is 0 Å². The second kappa shape index (κ2) is 7.59. The molecule has 1 amide bonds. The Morgan fingerprint density at radius 1 is 1.30 bits per heavy atom. The normalized spacial score (nSPS) is 15.2. The molecule has 1 saturated carbocycles. The number of amides is 1. The molecule has 1 aliphatic carbocycles. The number of rotatable bonds is 6. The fraction of sp³-hybridized carbons (Fsp3) is 0.316. The summed E-state index contributed by atoms with van der Waals surface area (Å²) in [4.78, 5) is 17.8. The van der Waals surface area contributed by atoms with Gasteiger partial charge in [0.05, 0.1) is 30.2 Å². The van der Waals surface area contributed by atoms with E-state index in [1.54, 1.807) is 12.1 Å². The van der Waals surface area contributed by atoms with Crippen molar-refractivity contribution in [3.63, 3.8) is 0 Å². The molecule has 0 bridgehead atoms. The number of anilines is 2. The van der Waals surface area contributed by atoms with Gasteiger partial charge < -0.3 is 10.1 Å². The molecule has 5 nitrogen and oxygen atoms in total. The van der Waals surface area contributed by atoms with Crippen LogP contribution >= 0.6 is 22.6 Å². The molecule has 2 aromatic rings. The molecular formula is C19H17F2IN2O3. The lowest BCUT2D eigenvalue weighted by molar-refractivity contribution is 0.0270. The van der Waals surface area contributed by atoms with Crippen molar-refractivity contribution >= 4 is 39.9 Å². The van der Waals surface area contributed by atoms with Gasteiger partial charge in [-0.05, 0) is 65.6 Å². The summed E-state index contributed by atoms with van der Waals surface area (Å²) in [5, 5.41) is 2.71. The maximum atomic E-state index is 15.0. The summed E-state index contributed by atoms with van der Waals surface area (Å²) < 4.78 is 35.3. The summed E-state index contributed by atoms with van der Waals surface area (Å²) in [5.41, 5.74) is 2.94. The summed E-state index contributed by atoms with van der Waals surface area (Å²) >= 11 is 1.98. The van der Waals surface area contributed by atoms with E-state index in [4.69, 9.17) is 9.57 Å². The molecule has 8 heteroatoms. The number of hydroxylamine groups is 1. The molecule has 0 radical (unpaired) electrons. The smallest absolute Gasteiger partial charge is 0.277 e. The topological polar surface area (TPSA) is 59.6 Å². The molecule has 1 fully saturated rings. The number of carbonyl (C=O) groups excluding carboxylic acids is 1. The Balaban J connectivity index is 1.66. The lowest BCUT2D eigenvalue weighted by atomic mass is 10.0. The van der Waals surface area contributed by atoms with E-state index in [0.29, 0.717) is 34.7 Å². The Kier molecular flexibility index (Phi) is 5.18. The number of halogens is 3. The van der Waals surface area contributed by atoms with Crippen LogP contribution in [0.1, 0.15) is 28.8 Å². The summed E-state index contributed by atoms with van der Waals surface area (Å²) in [6.45, 7) is 0.767. The Morgan fingerprint density at radius 2 is 2.11 bits per heavy atom. The molecular weight excluding hydrogens is 469 g/mol. The van der Waals surface area contributed by atoms with Gasteiger partial charge in [0.2, 0.25) is 0 Å². The maximum absolute atomic E-state index is 15.0. The van der Waals surface area contributed by atoms with Crippen molar-refractivity contribution in [2.24, 2.45) is 5.92 Å². The van der Waals surface area contributed by atoms with Crippen LogP contribution < -0.4 is 15.5 Å². The molecule has 142 valence electrons. The summed E-state index contributed by atoms with van der Waals surface area (Å²) in [5.74, 6) is -1.28. The van der Waals surface area contributed by atoms with Gasteiger partial charge in [-0.3, -0.25) is 9.63 Å². The van der Waals surface area contributed by atoms with Crippen LogP contribution in [0.2, 0.25) is 0 Å². The first-order chi connectivity index (χ1) is 13.0. The first-order valence-corrected chi connectivity index (χ1v) is 9.73. The summed E-state index contributed by atoms with van der Waals surface area (Å²) in [7, 11) is 0. The average Bonchev–Trinajstić information content (AvgIpc) is 3.33. The van der Waals surface area contributed by atoms with Crippen LogP contribution in [0.25, 0.3) is 0 Å². The zero-order valence-electron chi connectivity index (χ0n) is 14.3. The Morgan fingerprint density at radius 3 is 2.85 bits per heavy atom. The predicted molar refractivity (Wildman–Crippen MR) is 104 cm³/mol. The zero-order valence-corrected chi connectivity index (χ0v) is 16.4.